The third kappa shape index (κ3) is 6.35. The number of methoxy groups -OCH3 is 2. The third-order valence-corrected chi connectivity index (χ3v) is 7.38. The Balaban J connectivity index is 0.00000420. The number of aliphatic hydroxyl groups is 1. The topological polar surface area (TPSA) is 100 Å². The molecule has 166 valence electrons. The molecule has 1 aromatic carbocycles. The van der Waals surface area contributed by atoms with Crippen molar-refractivity contribution in [3.63, 3.8) is 0 Å². The van der Waals surface area contributed by atoms with E-state index in [1.165, 1.54) is 0 Å². The van der Waals surface area contributed by atoms with Crippen LogP contribution in [0.3, 0.4) is 0 Å². The van der Waals surface area contributed by atoms with Crippen LogP contribution in [-0.2, 0) is 9.84 Å². The maximum Gasteiger partial charge on any atom is 0.194 e. The van der Waals surface area contributed by atoms with Crippen LogP contribution in [0.15, 0.2) is 23.2 Å². The van der Waals surface area contributed by atoms with Crippen molar-refractivity contribution in [1.29, 1.82) is 0 Å². The molecular formula is C19H32IN3O5S. The Morgan fingerprint density at radius 2 is 1.86 bits per heavy atom. The molecule has 0 amide bonds. The number of halogens is 1. The zero-order chi connectivity index (χ0) is 20.9. The van der Waals surface area contributed by atoms with Crippen molar-refractivity contribution < 1.29 is 23.0 Å². The van der Waals surface area contributed by atoms with Gasteiger partial charge >= 0.3 is 0 Å². The van der Waals surface area contributed by atoms with Gasteiger partial charge in [-0.3, -0.25) is 4.99 Å². The van der Waals surface area contributed by atoms with Gasteiger partial charge in [-0.1, -0.05) is 0 Å². The van der Waals surface area contributed by atoms with Crippen molar-refractivity contribution >= 4 is 39.8 Å². The van der Waals surface area contributed by atoms with Gasteiger partial charge < -0.3 is 24.8 Å². The fourth-order valence-electron chi connectivity index (χ4n) is 3.05. The lowest BCUT2D eigenvalue weighted by Gasteiger charge is -2.39. The standard InChI is InChI=1S/C19H31N3O5S.HI/c1-6-20-18(22-7-8-28(24,25)19(2,3)13-22)21-12-17(23)14-9-15(26-4)11-16(10-14)27-5;/h9-11,17,23H,6-8,12-13H2,1-5H3,(H,20,21);1H. The van der Waals surface area contributed by atoms with E-state index in [2.05, 4.69) is 10.3 Å². The molecule has 0 saturated carbocycles. The molecule has 1 saturated heterocycles. The lowest BCUT2D eigenvalue weighted by molar-refractivity contribution is 0.185. The number of nitrogens with zero attached hydrogens (tertiary/aromatic N) is 2. The minimum Gasteiger partial charge on any atom is -0.497 e. The summed E-state index contributed by atoms with van der Waals surface area (Å²) in [6.07, 6.45) is -0.848. The molecule has 1 fully saturated rings. The summed E-state index contributed by atoms with van der Waals surface area (Å²) in [5, 5.41) is 13.8. The van der Waals surface area contributed by atoms with E-state index in [1.807, 2.05) is 11.8 Å². The Morgan fingerprint density at radius 1 is 1.28 bits per heavy atom. The summed E-state index contributed by atoms with van der Waals surface area (Å²) in [6, 6.07) is 5.22. The van der Waals surface area contributed by atoms with Crippen LogP contribution in [0.4, 0.5) is 0 Å². The van der Waals surface area contributed by atoms with Crippen molar-refractivity contribution in [1.82, 2.24) is 10.2 Å². The van der Waals surface area contributed by atoms with Gasteiger partial charge in [0, 0.05) is 25.7 Å². The Bertz CT molecular complexity index is 792. The van der Waals surface area contributed by atoms with Crippen LogP contribution in [-0.4, -0.2) is 75.3 Å². The highest BCUT2D eigenvalue weighted by molar-refractivity contribution is 14.0. The van der Waals surface area contributed by atoms with E-state index in [0.29, 0.717) is 42.7 Å². The molecular weight excluding hydrogens is 509 g/mol. The third-order valence-electron chi connectivity index (χ3n) is 4.85. The molecule has 0 aromatic heterocycles. The maximum atomic E-state index is 12.3. The molecule has 10 heteroatoms. The van der Waals surface area contributed by atoms with E-state index in [-0.39, 0.29) is 36.3 Å². The highest BCUT2D eigenvalue weighted by Gasteiger charge is 2.41. The van der Waals surface area contributed by atoms with Crippen LogP contribution in [0.5, 0.6) is 11.5 Å². The first-order valence-electron chi connectivity index (χ1n) is 9.30. The first-order chi connectivity index (χ1) is 13.1. The minimum atomic E-state index is -3.13. The molecule has 1 unspecified atom stereocenters. The number of guanidine groups is 1. The number of rotatable bonds is 6. The SMILES string of the molecule is CCNC(=NCC(O)c1cc(OC)cc(OC)c1)N1CCS(=O)(=O)C(C)(C)C1.I. The smallest absolute Gasteiger partial charge is 0.194 e. The van der Waals surface area contributed by atoms with Crippen LogP contribution >= 0.6 is 24.0 Å². The van der Waals surface area contributed by atoms with Crippen LogP contribution in [0.1, 0.15) is 32.4 Å². The second kappa shape index (κ2) is 10.7. The van der Waals surface area contributed by atoms with Gasteiger partial charge in [0.1, 0.15) is 11.5 Å². The molecule has 1 aromatic rings. The number of aliphatic imine (C=N–C) groups is 1. The van der Waals surface area contributed by atoms with Gasteiger partial charge in [-0.15, -0.1) is 24.0 Å². The molecule has 2 N–H and O–H groups in total. The summed E-state index contributed by atoms with van der Waals surface area (Å²) in [5.41, 5.74) is 0.636. The van der Waals surface area contributed by atoms with Crippen LogP contribution in [0.25, 0.3) is 0 Å². The van der Waals surface area contributed by atoms with E-state index < -0.39 is 20.7 Å². The molecule has 1 atom stereocenters. The number of aliphatic hydroxyl groups excluding tert-OH is 1. The molecule has 2 rings (SSSR count). The van der Waals surface area contributed by atoms with Crippen molar-refractivity contribution in [3.05, 3.63) is 23.8 Å². The van der Waals surface area contributed by atoms with Gasteiger partial charge in [0.15, 0.2) is 15.8 Å². The molecule has 29 heavy (non-hydrogen) atoms. The predicted molar refractivity (Wildman–Crippen MR) is 125 cm³/mol. The summed E-state index contributed by atoms with van der Waals surface area (Å²) in [6.45, 7) is 6.91. The van der Waals surface area contributed by atoms with Crippen LogP contribution in [0, 0.1) is 0 Å². The normalized spacial score (nSPS) is 19.1. The number of ether oxygens (including phenoxy) is 2. The number of sulfone groups is 1. The van der Waals surface area contributed by atoms with Gasteiger partial charge in [-0.25, -0.2) is 8.42 Å². The van der Waals surface area contributed by atoms with Crippen molar-refractivity contribution in [2.45, 2.75) is 31.6 Å². The van der Waals surface area contributed by atoms with E-state index >= 15 is 0 Å². The van der Waals surface area contributed by atoms with Gasteiger partial charge in [0.05, 0.1) is 37.4 Å². The van der Waals surface area contributed by atoms with Gasteiger partial charge in [0.2, 0.25) is 0 Å². The molecule has 0 bridgehead atoms. The quantitative estimate of drug-likeness (QED) is 0.322. The molecule has 0 radical (unpaired) electrons. The molecule has 0 aliphatic carbocycles. The Morgan fingerprint density at radius 3 is 2.34 bits per heavy atom. The fourth-order valence-corrected chi connectivity index (χ4v) is 4.42. The first kappa shape index (κ1) is 25.8. The van der Waals surface area contributed by atoms with E-state index in [9.17, 15) is 13.5 Å². The van der Waals surface area contributed by atoms with Gasteiger partial charge in [-0.05, 0) is 38.5 Å². The summed E-state index contributed by atoms with van der Waals surface area (Å²) >= 11 is 0. The Hall–Kier alpha value is -1.27. The largest absolute Gasteiger partial charge is 0.497 e. The Labute approximate surface area is 190 Å². The lowest BCUT2D eigenvalue weighted by Crippen LogP contribution is -2.57. The molecule has 1 aliphatic rings. The second-order valence-corrected chi connectivity index (χ2v) is 10.1. The number of benzene rings is 1. The monoisotopic (exact) mass is 541 g/mol. The average molecular weight is 541 g/mol. The van der Waals surface area contributed by atoms with Crippen LogP contribution in [0.2, 0.25) is 0 Å². The molecule has 8 nitrogen and oxygen atoms in total. The Kier molecular flexibility index (Phi) is 9.48. The summed E-state index contributed by atoms with van der Waals surface area (Å²) in [5.74, 6) is 1.86. The maximum absolute atomic E-state index is 12.3. The zero-order valence-corrected chi connectivity index (χ0v) is 20.8. The van der Waals surface area contributed by atoms with Crippen molar-refractivity contribution in [2.75, 3.05) is 46.2 Å². The molecule has 0 spiro atoms. The number of nitrogens with one attached hydrogen (secondary N) is 1. The van der Waals surface area contributed by atoms with E-state index in [1.54, 1.807) is 46.3 Å². The van der Waals surface area contributed by atoms with E-state index in [4.69, 9.17) is 9.47 Å². The summed E-state index contributed by atoms with van der Waals surface area (Å²) in [7, 11) is -0.0255. The second-order valence-electron chi connectivity index (χ2n) is 7.36. The minimum absolute atomic E-state index is 0. The molecule has 1 heterocycles. The lowest BCUT2D eigenvalue weighted by atomic mass is 10.1. The molecule has 1 aliphatic heterocycles. The van der Waals surface area contributed by atoms with Gasteiger partial charge in [0.25, 0.3) is 0 Å². The predicted octanol–water partition coefficient (Wildman–Crippen LogP) is 1.83. The number of hydrogen-bond donors (Lipinski definition) is 2. The highest BCUT2D eigenvalue weighted by Crippen LogP contribution is 2.27. The summed E-state index contributed by atoms with van der Waals surface area (Å²) < 4.78 is 34.1. The van der Waals surface area contributed by atoms with Crippen molar-refractivity contribution in [2.24, 2.45) is 4.99 Å². The fraction of sp³-hybridized carbons (Fsp3) is 0.632. The first-order valence-corrected chi connectivity index (χ1v) is 11.0. The average Bonchev–Trinajstić information content (AvgIpc) is 2.66. The van der Waals surface area contributed by atoms with Crippen LogP contribution < -0.4 is 14.8 Å². The highest BCUT2D eigenvalue weighted by atomic mass is 127. The van der Waals surface area contributed by atoms with Crippen molar-refractivity contribution in [3.8, 4) is 11.5 Å². The summed E-state index contributed by atoms with van der Waals surface area (Å²) in [4.78, 5) is 6.48. The zero-order valence-electron chi connectivity index (χ0n) is 17.6. The number of hydrogen-bond acceptors (Lipinski definition) is 6. The van der Waals surface area contributed by atoms with Gasteiger partial charge in [-0.2, -0.15) is 0 Å². The van der Waals surface area contributed by atoms with E-state index in [0.717, 1.165) is 0 Å².